The molecule has 0 radical (unpaired) electrons. The van der Waals surface area contributed by atoms with E-state index in [1.165, 1.54) is 19.1 Å². The summed E-state index contributed by atoms with van der Waals surface area (Å²) in [6, 6.07) is 4.19. The number of rotatable bonds is 4. The normalized spacial score (nSPS) is 11.9. The number of aromatic hydroxyl groups is 2. The molecule has 1 unspecified atom stereocenters. The number of hydrogen-bond acceptors (Lipinski definition) is 4. The molecule has 1 aromatic carbocycles. The predicted octanol–water partition coefficient (Wildman–Crippen LogP) is 0.651. The lowest BCUT2D eigenvalue weighted by Gasteiger charge is -2.13. The smallest absolute Gasteiger partial charge is 0.248 e. The Kier molecular flexibility index (Phi) is 4.12. The van der Waals surface area contributed by atoms with Crippen molar-refractivity contribution in [3.8, 4) is 11.5 Å². The SMILES string of the molecule is C=C(C)C(=O)NC(O)Cc1ccc(O)c(O)c1. The van der Waals surface area contributed by atoms with Crippen LogP contribution in [0.2, 0.25) is 0 Å². The maximum atomic E-state index is 11.2. The van der Waals surface area contributed by atoms with Crippen molar-refractivity contribution < 1.29 is 20.1 Å². The van der Waals surface area contributed by atoms with Gasteiger partial charge in [0.05, 0.1) is 0 Å². The molecule has 1 amide bonds. The molecule has 92 valence electrons. The van der Waals surface area contributed by atoms with E-state index >= 15 is 0 Å². The topological polar surface area (TPSA) is 89.8 Å². The molecule has 1 rings (SSSR count). The van der Waals surface area contributed by atoms with E-state index in [-0.39, 0.29) is 17.9 Å². The van der Waals surface area contributed by atoms with Gasteiger partial charge in [-0.2, -0.15) is 0 Å². The minimum atomic E-state index is -1.07. The first-order chi connectivity index (χ1) is 7.90. The Balaban J connectivity index is 2.62. The van der Waals surface area contributed by atoms with Gasteiger partial charge in [0.15, 0.2) is 11.5 Å². The number of aliphatic hydroxyl groups is 1. The minimum absolute atomic E-state index is 0.132. The van der Waals surface area contributed by atoms with Crippen LogP contribution in [0.4, 0.5) is 0 Å². The second-order valence-corrected chi connectivity index (χ2v) is 3.80. The van der Waals surface area contributed by atoms with E-state index in [4.69, 9.17) is 5.11 Å². The number of phenolic OH excluding ortho intramolecular Hbond substituents is 2. The second kappa shape index (κ2) is 5.36. The van der Waals surface area contributed by atoms with Gasteiger partial charge in [0.25, 0.3) is 0 Å². The minimum Gasteiger partial charge on any atom is -0.504 e. The van der Waals surface area contributed by atoms with Crippen molar-refractivity contribution in [2.24, 2.45) is 0 Å². The summed E-state index contributed by atoms with van der Waals surface area (Å²) in [6.07, 6.45) is -0.935. The number of carbonyl (C=O) groups is 1. The quantitative estimate of drug-likeness (QED) is 0.351. The summed E-state index contributed by atoms with van der Waals surface area (Å²) in [6.45, 7) is 4.98. The lowest BCUT2D eigenvalue weighted by atomic mass is 10.1. The van der Waals surface area contributed by atoms with E-state index in [2.05, 4.69) is 11.9 Å². The third-order valence-corrected chi connectivity index (χ3v) is 2.15. The van der Waals surface area contributed by atoms with Crippen LogP contribution in [0, 0.1) is 0 Å². The van der Waals surface area contributed by atoms with Crippen LogP contribution in [0.15, 0.2) is 30.4 Å². The van der Waals surface area contributed by atoms with Gasteiger partial charge in [-0.05, 0) is 24.6 Å². The van der Waals surface area contributed by atoms with Crippen LogP contribution in [0.25, 0.3) is 0 Å². The summed E-state index contributed by atoms with van der Waals surface area (Å²) in [7, 11) is 0. The van der Waals surface area contributed by atoms with Gasteiger partial charge >= 0.3 is 0 Å². The third kappa shape index (κ3) is 3.81. The van der Waals surface area contributed by atoms with Crippen molar-refractivity contribution in [3.63, 3.8) is 0 Å². The van der Waals surface area contributed by atoms with Gasteiger partial charge < -0.3 is 20.6 Å². The van der Waals surface area contributed by atoms with E-state index in [9.17, 15) is 15.0 Å². The number of aliphatic hydroxyl groups excluding tert-OH is 1. The predicted molar refractivity (Wildman–Crippen MR) is 62.4 cm³/mol. The van der Waals surface area contributed by atoms with Crippen LogP contribution in [0.1, 0.15) is 12.5 Å². The second-order valence-electron chi connectivity index (χ2n) is 3.80. The zero-order valence-corrected chi connectivity index (χ0v) is 9.47. The van der Waals surface area contributed by atoms with Gasteiger partial charge in [-0.3, -0.25) is 4.79 Å². The molecule has 5 nitrogen and oxygen atoms in total. The standard InChI is InChI=1S/C12H15NO4/c1-7(2)12(17)13-11(16)6-8-3-4-9(14)10(15)5-8/h3-5,11,14-16H,1,6H2,2H3,(H,13,17). The lowest BCUT2D eigenvalue weighted by molar-refractivity contribution is -0.120. The first kappa shape index (κ1) is 13.1. The van der Waals surface area contributed by atoms with Crippen LogP contribution < -0.4 is 5.32 Å². The van der Waals surface area contributed by atoms with Crippen molar-refractivity contribution in [2.75, 3.05) is 0 Å². The molecule has 0 bridgehead atoms. The number of nitrogens with one attached hydrogen (secondary N) is 1. The Morgan fingerprint density at radius 2 is 2.06 bits per heavy atom. The molecular weight excluding hydrogens is 222 g/mol. The number of benzene rings is 1. The molecule has 0 aromatic heterocycles. The summed E-state index contributed by atoms with van der Waals surface area (Å²) >= 11 is 0. The lowest BCUT2D eigenvalue weighted by Crippen LogP contribution is -2.36. The maximum Gasteiger partial charge on any atom is 0.248 e. The Morgan fingerprint density at radius 3 is 2.59 bits per heavy atom. The van der Waals surface area contributed by atoms with E-state index in [1.54, 1.807) is 6.07 Å². The molecule has 0 fully saturated rings. The van der Waals surface area contributed by atoms with E-state index in [1.807, 2.05) is 0 Å². The first-order valence-corrected chi connectivity index (χ1v) is 5.05. The Labute approximate surface area is 99.0 Å². The molecule has 1 aromatic rings. The largest absolute Gasteiger partial charge is 0.504 e. The summed E-state index contributed by atoms with van der Waals surface area (Å²) in [5.74, 6) is -0.921. The first-order valence-electron chi connectivity index (χ1n) is 5.05. The van der Waals surface area contributed by atoms with E-state index in [0.29, 0.717) is 11.1 Å². The number of amides is 1. The van der Waals surface area contributed by atoms with Gasteiger partial charge in [-0.25, -0.2) is 0 Å². The summed E-state index contributed by atoms with van der Waals surface area (Å²) < 4.78 is 0. The van der Waals surface area contributed by atoms with Crippen LogP contribution >= 0.6 is 0 Å². The van der Waals surface area contributed by atoms with Gasteiger partial charge in [-0.15, -0.1) is 0 Å². The molecule has 5 heteroatoms. The Hall–Kier alpha value is -2.01. The third-order valence-electron chi connectivity index (χ3n) is 2.15. The summed E-state index contributed by atoms with van der Waals surface area (Å²) in [5, 5.41) is 30.3. The molecule has 0 aliphatic heterocycles. The van der Waals surface area contributed by atoms with Crippen molar-refractivity contribution in [1.29, 1.82) is 0 Å². The molecule has 0 saturated carbocycles. The fourth-order valence-corrected chi connectivity index (χ4v) is 1.24. The fourth-order valence-electron chi connectivity index (χ4n) is 1.24. The average Bonchev–Trinajstić information content (AvgIpc) is 2.23. The van der Waals surface area contributed by atoms with Crippen LogP contribution in [-0.2, 0) is 11.2 Å². The maximum absolute atomic E-state index is 11.2. The Bertz CT molecular complexity index is 442. The molecule has 0 spiro atoms. The van der Waals surface area contributed by atoms with Gasteiger partial charge in [-0.1, -0.05) is 12.6 Å². The van der Waals surface area contributed by atoms with Gasteiger partial charge in [0.2, 0.25) is 5.91 Å². The van der Waals surface area contributed by atoms with E-state index in [0.717, 1.165) is 0 Å². The highest BCUT2D eigenvalue weighted by atomic mass is 16.3. The van der Waals surface area contributed by atoms with Crippen LogP contribution in [-0.4, -0.2) is 27.5 Å². The zero-order chi connectivity index (χ0) is 13.0. The monoisotopic (exact) mass is 237 g/mol. The van der Waals surface area contributed by atoms with Crippen molar-refractivity contribution in [3.05, 3.63) is 35.9 Å². The molecule has 4 N–H and O–H groups in total. The van der Waals surface area contributed by atoms with Crippen molar-refractivity contribution in [2.45, 2.75) is 19.6 Å². The summed E-state index contributed by atoms with van der Waals surface area (Å²) in [4.78, 5) is 11.2. The number of hydrogen-bond donors (Lipinski definition) is 4. The summed E-state index contributed by atoms with van der Waals surface area (Å²) in [5.41, 5.74) is 0.896. The highest BCUT2D eigenvalue weighted by Crippen LogP contribution is 2.25. The van der Waals surface area contributed by atoms with E-state index < -0.39 is 12.1 Å². The molecule has 17 heavy (non-hydrogen) atoms. The highest BCUT2D eigenvalue weighted by molar-refractivity contribution is 5.92. The van der Waals surface area contributed by atoms with Crippen LogP contribution in [0.5, 0.6) is 11.5 Å². The van der Waals surface area contributed by atoms with Crippen molar-refractivity contribution >= 4 is 5.91 Å². The Morgan fingerprint density at radius 1 is 1.41 bits per heavy atom. The van der Waals surface area contributed by atoms with Gasteiger partial charge in [0.1, 0.15) is 6.23 Å². The molecule has 0 aliphatic rings. The number of carbonyl (C=O) groups excluding carboxylic acids is 1. The highest BCUT2D eigenvalue weighted by Gasteiger charge is 2.11. The zero-order valence-electron chi connectivity index (χ0n) is 9.47. The average molecular weight is 237 g/mol. The molecular formula is C12H15NO4. The molecule has 1 atom stereocenters. The van der Waals surface area contributed by atoms with Crippen LogP contribution in [0.3, 0.4) is 0 Å². The number of phenols is 2. The molecule has 0 saturated heterocycles. The van der Waals surface area contributed by atoms with Crippen molar-refractivity contribution in [1.82, 2.24) is 5.32 Å². The van der Waals surface area contributed by atoms with Gasteiger partial charge in [0, 0.05) is 12.0 Å². The molecule has 0 aliphatic carbocycles. The molecule has 0 heterocycles. The fraction of sp³-hybridized carbons (Fsp3) is 0.250.